The molecule has 1 aromatic carbocycles. The molecule has 0 saturated carbocycles. The highest BCUT2D eigenvalue weighted by molar-refractivity contribution is 14.1. The number of aromatic nitrogens is 2. The summed E-state index contributed by atoms with van der Waals surface area (Å²) < 4.78 is 9.10. The largest absolute Gasteiger partial charge is 0.380 e. The van der Waals surface area contributed by atoms with E-state index in [4.69, 9.17) is 16.3 Å². The maximum Gasteiger partial charge on any atom is 0.127 e. The van der Waals surface area contributed by atoms with Crippen molar-refractivity contribution >= 4 is 45.2 Å². The van der Waals surface area contributed by atoms with Gasteiger partial charge in [0.2, 0.25) is 0 Å². The predicted octanol–water partition coefficient (Wildman–Crippen LogP) is 5.00. The number of nitrogens with zero attached hydrogens (tertiary/aromatic N) is 2. The zero-order valence-electron chi connectivity index (χ0n) is 12.8. The molecule has 2 aromatic rings. The lowest BCUT2D eigenvalue weighted by atomic mass is 10.1. The lowest BCUT2D eigenvalue weighted by Gasteiger charge is -2.11. The standard InChI is InChI=1S/C16H22ClIN2O/c1-11(2)6-8-21-9-7-20-15-5-4-13(18)10-14(15)19-16(20)12(3)17/h4-5,10-12H,6-9H2,1-3H3. The summed E-state index contributed by atoms with van der Waals surface area (Å²) in [5.74, 6) is 1.60. The summed E-state index contributed by atoms with van der Waals surface area (Å²) in [4.78, 5) is 4.67. The minimum atomic E-state index is -0.106. The van der Waals surface area contributed by atoms with E-state index >= 15 is 0 Å². The molecule has 1 heterocycles. The van der Waals surface area contributed by atoms with Gasteiger partial charge < -0.3 is 9.30 Å². The van der Waals surface area contributed by atoms with Gasteiger partial charge in [0.05, 0.1) is 23.0 Å². The second-order valence-electron chi connectivity index (χ2n) is 5.67. The highest BCUT2D eigenvalue weighted by atomic mass is 127. The minimum Gasteiger partial charge on any atom is -0.380 e. The molecule has 0 spiro atoms. The first kappa shape index (κ1) is 17.0. The molecule has 2 rings (SSSR count). The van der Waals surface area contributed by atoms with E-state index in [1.165, 1.54) is 3.57 Å². The molecule has 0 N–H and O–H groups in total. The van der Waals surface area contributed by atoms with Crippen molar-refractivity contribution in [1.82, 2.24) is 9.55 Å². The van der Waals surface area contributed by atoms with Crippen molar-refractivity contribution in [3.05, 3.63) is 27.6 Å². The molecule has 5 heteroatoms. The average Bonchev–Trinajstić information content (AvgIpc) is 2.76. The highest BCUT2D eigenvalue weighted by Gasteiger charge is 2.14. The quantitative estimate of drug-likeness (QED) is 0.358. The van der Waals surface area contributed by atoms with Crippen molar-refractivity contribution in [3.8, 4) is 0 Å². The zero-order chi connectivity index (χ0) is 15.4. The van der Waals surface area contributed by atoms with E-state index in [9.17, 15) is 0 Å². The molecule has 0 amide bonds. The maximum absolute atomic E-state index is 6.28. The Labute approximate surface area is 145 Å². The summed E-state index contributed by atoms with van der Waals surface area (Å²) in [5.41, 5.74) is 2.14. The van der Waals surface area contributed by atoms with Crippen LogP contribution < -0.4 is 0 Å². The summed E-state index contributed by atoms with van der Waals surface area (Å²) in [6.45, 7) is 8.68. The van der Waals surface area contributed by atoms with E-state index < -0.39 is 0 Å². The number of hydrogen-bond donors (Lipinski definition) is 0. The summed E-state index contributed by atoms with van der Waals surface area (Å²) in [6, 6.07) is 6.30. The van der Waals surface area contributed by atoms with Crippen molar-refractivity contribution < 1.29 is 4.74 Å². The summed E-state index contributed by atoms with van der Waals surface area (Å²) in [7, 11) is 0. The Hall–Kier alpha value is -0.330. The Morgan fingerprint density at radius 1 is 1.29 bits per heavy atom. The molecule has 0 aliphatic rings. The Balaban J connectivity index is 2.11. The second-order valence-corrected chi connectivity index (χ2v) is 7.57. The Bertz CT molecular complexity index is 595. The molecule has 3 nitrogen and oxygen atoms in total. The molecule has 1 atom stereocenters. The van der Waals surface area contributed by atoms with Crippen LogP contribution >= 0.6 is 34.2 Å². The van der Waals surface area contributed by atoms with Gasteiger partial charge in [-0.2, -0.15) is 0 Å². The van der Waals surface area contributed by atoms with Crippen LogP contribution in [-0.2, 0) is 11.3 Å². The maximum atomic E-state index is 6.28. The lowest BCUT2D eigenvalue weighted by molar-refractivity contribution is 0.116. The smallest absolute Gasteiger partial charge is 0.127 e. The van der Waals surface area contributed by atoms with Gasteiger partial charge in [-0.05, 0) is 60.1 Å². The molecule has 0 aliphatic carbocycles. The van der Waals surface area contributed by atoms with Gasteiger partial charge in [-0.1, -0.05) is 13.8 Å². The number of benzene rings is 1. The van der Waals surface area contributed by atoms with Crippen LogP contribution in [0.1, 0.15) is 38.4 Å². The fourth-order valence-corrected chi connectivity index (χ4v) is 2.88. The third-order valence-electron chi connectivity index (χ3n) is 3.39. The van der Waals surface area contributed by atoms with Gasteiger partial charge >= 0.3 is 0 Å². The Morgan fingerprint density at radius 3 is 2.71 bits per heavy atom. The van der Waals surface area contributed by atoms with Crippen LogP contribution in [-0.4, -0.2) is 22.8 Å². The SMILES string of the molecule is CC(C)CCOCCn1c(C(C)Cl)nc2cc(I)ccc21. The first-order valence-electron chi connectivity index (χ1n) is 7.36. The zero-order valence-corrected chi connectivity index (χ0v) is 15.7. The molecular weight excluding hydrogens is 399 g/mol. The number of hydrogen-bond acceptors (Lipinski definition) is 2. The molecule has 21 heavy (non-hydrogen) atoms. The van der Waals surface area contributed by atoms with Crippen LogP contribution in [0.3, 0.4) is 0 Å². The molecule has 1 aromatic heterocycles. The first-order chi connectivity index (χ1) is 9.99. The Kier molecular flexibility index (Phi) is 6.32. The van der Waals surface area contributed by atoms with Crippen LogP contribution in [0.5, 0.6) is 0 Å². The van der Waals surface area contributed by atoms with Crippen molar-refractivity contribution in [2.45, 2.75) is 39.1 Å². The van der Waals surface area contributed by atoms with Crippen molar-refractivity contribution in [3.63, 3.8) is 0 Å². The van der Waals surface area contributed by atoms with E-state index in [1.54, 1.807) is 0 Å². The number of ether oxygens (including phenoxy) is 1. The van der Waals surface area contributed by atoms with Gasteiger partial charge in [-0.15, -0.1) is 11.6 Å². The van der Waals surface area contributed by atoms with E-state index in [0.717, 1.165) is 36.4 Å². The summed E-state index contributed by atoms with van der Waals surface area (Å²) in [6.07, 6.45) is 1.10. The molecule has 0 aliphatic heterocycles. The van der Waals surface area contributed by atoms with Gasteiger partial charge in [0.25, 0.3) is 0 Å². The van der Waals surface area contributed by atoms with Gasteiger partial charge in [-0.25, -0.2) is 4.98 Å². The van der Waals surface area contributed by atoms with Crippen LogP contribution in [0.4, 0.5) is 0 Å². The fourth-order valence-electron chi connectivity index (χ4n) is 2.24. The number of halogens is 2. The average molecular weight is 421 g/mol. The molecule has 0 radical (unpaired) electrons. The topological polar surface area (TPSA) is 27.1 Å². The van der Waals surface area contributed by atoms with E-state index in [-0.39, 0.29) is 5.38 Å². The number of imidazole rings is 1. The fraction of sp³-hybridized carbons (Fsp3) is 0.562. The molecule has 0 fully saturated rings. The van der Waals surface area contributed by atoms with E-state index in [1.807, 2.05) is 6.92 Å². The summed E-state index contributed by atoms with van der Waals surface area (Å²) >= 11 is 8.58. The summed E-state index contributed by atoms with van der Waals surface area (Å²) in [5, 5.41) is -0.106. The minimum absolute atomic E-state index is 0.106. The van der Waals surface area contributed by atoms with Gasteiger partial charge in [0, 0.05) is 16.7 Å². The molecule has 0 bridgehead atoms. The molecule has 116 valence electrons. The number of rotatable bonds is 7. The number of fused-ring (bicyclic) bond motifs is 1. The molecule has 0 saturated heterocycles. The van der Waals surface area contributed by atoms with Crippen molar-refractivity contribution in [2.75, 3.05) is 13.2 Å². The molecule has 1 unspecified atom stereocenters. The van der Waals surface area contributed by atoms with Gasteiger partial charge in [0.15, 0.2) is 0 Å². The Morgan fingerprint density at radius 2 is 2.05 bits per heavy atom. The predicted molar refractivity (Wildman–Crippen MR) is 97.0 cm³/mol. The third kappa shape index (κ3) is 4.57. The third-order valence-corrected chi connectivity index (χ3v) is 4.26. The van der Waals surface area contributed by atoms with Crippen LogP contribution in [0, 0.1) is 9.49 Å². The molecular formula is C16H22ClIN2O. The highest BCUT2D eigenvalue weighted by Crippen LogP contribution is 2.25. The van der Waals surface area contributed by atoms with Crippen molar-refractivity contribution in [1.29, 1.82) is 0 Å². The monoisotopic (exact) mass is 420 g/mol. The van der Waals surface area contributed by atoms with E-state index in [2.05, 4.69) is 64.2 Å². The van der Waals surface area contributed by atoms with Crippen LogP contribution in [0.15, 0.2) is 18.2 Å². The first-order valence-corrected chi connectivity index (χ1v) is 8.88. The van der Waals surface area contributed by atoms with Crippen molar-refractivity contribution in [2.24, 2.45) is 5.92 Å². The normalized spacial score (nSPS) is 13.2. The van der Waals surface area contributed by atoms with Crippen LogP contribution in [0.2, 0.25) is 0 Å². The second kappa shape index (κ2) is 7.79. The van der Waals surface area contributed by atoms with Gasteiger partial charge in [-0.3, -0.25) is 0 Å². The lowest BCUT2D eigenvalue weighted by Crippen LogP contribution is -2.11. The van der Waals surface area contributed by atoms with E-state index in [0.29, 0.717) is 12.5 Å². The van der Waals surface area contributed by atoms with Gasteiger partial charge in [0.1, 0.15) is 5.82 Å². The number of alkyl halides is 1. The van der Waals surface area contributed by atoms with Crippen LogP contribution in [0.25, 0.3) is 11.0 Å².